The van der Waals surface area contributed by atoms with Crippen LogP contribution in [0.2, 0.25) is 23.2 Å². The minimum atomic E-state index is -1.90. The van der Waals surface area contributed by atoms with Gasteiger partial charge in [0, 0.05) is 11.6 Å². The molecule has 0 aliphatic carbocycles. The lowest BCUT2D eigenvalue weighted by molar-refractivity contribution is 0.172. The molecule has 2 nitrogen and oxygen atoms in total. The van der Waals surface area contributed by atoms with Crippen molar-refractivity contribution in [2.45, 2.75) is 64.3 Å². The Bertz CT molecular complexity index is 768. The average molecular weight is 441 g/mol. The van der Waals surface area contributed by atoms with Crippen molar-refractivity contribution in [3.63, 3.8) is 0 Å². The van der Waals surface area contributed by atoms with E-state index in [9.17, 15) is 8.78 Å². The Morgan fingerprint density at radius 1 is 1.00 bits per heavy atom. The molecule has 2 rings (SSSR count). The molecule has 0 saturated carbocycles. The Morgan fingerprint density at radius 2 is 1.62 bits per heavy atom. The first-order chi connectivity index (χ1) is 13.9. The highest BCUT2D eigenvalue weighted by molar-refractivity contribution is 6.73. The molecule has 2 aromatic carbocycles. The van der Waals surface area contributed by atoms with Gasteiger partial charge in [0.25, 0.3) is 0 Å². The Hall–Kier alpha value is -1.43. The van der Waals surface area contributed by atoms with E-state index in [1.807, 2.05) is 18.2 Å². The molecule has 0 amide bonds. The number of hydrogen-bond donors (Lipinski definition) is 0. The Labute approximate surface area is 179 Å². The lowest BCUT2D eigenvalue weighted by atomic mass is 10.0. The topological polar surface area (TPSA) is 18.5 Å². The summed E-state index contributed by atoms with van der Waals surface area (Å²) in [6.45, 7) is 6.57. The van der Waals surface area contributed by atoms with Crippen molar-refractivity contribution in [3.8, 4) is 5.75 Å². The highest BCUT2D eigenvalue weighted by Gasteiger charge is 2.34. The van der Waals surface area contributed by atoms with Crippen molar-refractivity contribution in [1.82, 2.24) is 0 Å². The number of rotatable bonds is 11. The molecule has 2 aromatic rings. The summed E-state index contributed by atoms with van der Waals surface area (Å²) in [5.41, 5.74) is 1.52. The standard InChI is InChI=1S/C23H31ClF2O2Si/c1-5-29(6-2,7-3)28-22(23-20(24)11-9-12-21(23)27-4)13-8-10-17-14-18(25)16-19(26)15-17/h9,11-12,14-16,22H,5-8,10,13H2,1-4H3. The van der Waals surface area contributed by atoms with E-state index in [1.54, 1.807) is 7.11 Å². The first-order valence-corrected chi connectivity index (χ1v) is 13.2. The van der Waals surface area contributed by atoms with Crippen LogP contribution in [0.4, 0.5) is 8.78 Å². The zero-order valence-electron chi connectivity index (χ0n) is 17.7. The molecule has 0 aliphatic heterocycles. The first-order valence-electron chi connectivity index (χ1n) is 10.3. The van der Waals surface area contributed by atoms with Gasteiger partial charge in [-0.25, -0.2) is 8.78 Å². The summed E-state index contributed by atoms with van der Waals surface area (Å²) < 4.78 is 39.4. The minimum absolute atomic E-state index is 0.205. The fourth-order valence-electron chi connectivity index (χ4n) is 3.82. The zero-order valence-corrected chi connectivity index (χ0v) is 19.5. The van der Waals surface area contributed by atoms with Gasteiger partial charge in [-0.15, -0.1) is 0 Å². The van der Waals surface area contributed by atoms with Crippen LogP contribution in [0, 0.1) is 11.6 Å². The molecule has 0 bridgehead atoms. The van der Waals surface area contributed by atoms with Crippen LogP contribution in [0.15, 0.2) is 36.4 Å². The normalized spacial score (nSPS) is 12.8. The molecule has 0 aromatic heterocycles. The van der Waals surface area contributed by atoms with E-state index >= 15 is 0 Å². The van der Waals surface area contributed by atoms with E-state index in [0.29, 0.717) is 29.2 Å². The Kier molecular flexibility index (Phi) is 9.12. The van der Waals surface area contributed by atoms with Crippen LogP contribution < -0.4 is 4.74 Å². The van der Waals surface area contributed by atoms with E-state index in [4.69, 9.17) is 20.8 Å². The smallest absolute Gasteiger partial charge is 0.192 e. The highest BCUT2D eigenvalue weighted by Crippen LogP contribution is 2.40. The summed E-state index contributed by atoms with van der Waals surface area (Å²) in [5, 5.41) is 0.623. The predicted octanol–water partition coefficient (Wildman–Crippen LogP) is 7.71. The average Bonchev–Trinajstić information content (AvgIpc) is 2.70. The lowest BCUT2D eigenvalue weighted by Gasteiger charge is -2.34. The fourth-order valence-corrected chi connectivity index (χ4v) is 6.95. The maximum absolute atomic E-state index is 13.5. The van der Waals surface area contributed by atoms with Crippen molar-refractivity contribution >= 4 is 19.9 Å². The molecule has 0 aliphatic rings. The predicted molar refractivity (Wildman–Crippen MR) is 118 cm³/mol. The lowest BCUT2D eigenvalue weighted by Crippen LogP contribution is -2.37. The van der Waals surface area contributed by atoms with Gasteiger partial charge in [0.2, 0.25) is 0 Å². The Balaban J connectivity index is 2.27. The summed E-state index contributed by atoms with van der Waals surface area (Å²) in [5.74, 6) is -0.379. The van der Waals surface area contributed by atoms with Gasteiger partial charge in [-0.05, 0) is 67.2 Å². The number of halogens is 3. The van der Waals surface area contributed by atoms with Gasteiger partial charge in [0.15, 0.2) is 8.32 Å². The van der Waals surface area contributed by atoms with Crippen LogP contribution in [-0.2, 0) is 10.8 Å². The SMILES string of the molecule is CC[Si](CC)(CC)OC(CCCc1cc(F)cc(F)c1)c1c(Cl)cccc1OC. The number of aryl methyl sites for hydroxylation is 1. The largest absolute Gasteiger partial charge is 0.496 e. The third-order valence-corrected chi connectivity index (χ3v) is 10.7. The first kappa shape index (κ1) is 23.8. The maximum Gasteiger partial charge on any atom is 0.192 e. The van der Waals surface area contributed by atoms with Crippen LogP contribution in [0.3, 0.4) is 0 Å². The van der Waals surface area contributed by atoms with E-state index in [2.05, 4.69) is 20.8 Å². The van der Waals surface area contributed by atoms with Crippen LogP contribution in [0.1, 0.15) is 50.8 Å². The summed E-state index contributed by atoms with van der Waals surface area (Å²) >= 11 is 6.56. The Morgan fingerprint density at radius 3 is 2.17 bits per heavy atom. The third kappa shape index (κ3) is 6.27. The molecule has 160 valence electrons. The number of ether oxygens (including phenoxy) is 1. The van der Waals surface area contributed by atoms with E-state index < -0.39 is 20.0 Å². The van der Waals surface area contributed by atoms with Gasteiger partial charge in [0.05, 0.1) is 18.2 Å². The fraction of sp³-hybridized carbons (Fsp3) is 0.478. The quantitative estimate of drug-likeness (QED) is 0.333. The monoisotopic (exact) mass is 440 g/mol. The van der Waals surface area contributed by atoms with Crippen molar-refractivity contribution in [1.29, 1.82) is 0 Å². The van der Waals surface area contributed by atoms with E-state index in [1.165, 1.54) is 12.1 Å². The molecule has 0 radical (unpaired) electrons. The second-order valence-corrected chi connectivity index (χ2v) is 12.5. The summed E-state index contributed by atoms with van der Waals surface area (Å²) in [4.78, 5) is 0. The van der Waals surface area contributed by atoms with E-state index in [0.717, 1.165) is 36.2 Å². The molecule has 0 spiro atoms. The molecule has 29 heavy (non-hydrogen) atoms. The van der Waals surface area contributed by atoms with Crippen LogP contribution in [-0.4, -0.2) is 15.4 Å². The molecule has 1 atom stereocenters. The van der Waals surface area contributed by atoms with Crippen molar-refractivity contribution in [2.24, 2.45) is 0 Å². The third-order valence-electron chi connectivity index (χ3n) is 5.73. The molecule has 0 fully saturated rings. The van der Waals surface area contributed by atoms with Gasteiger partial charge in [-0.2, -0.15) is 0 Å². The van der Waals surface area contributed by atoms with Gasteiger partial charge in [0.1, 0.15) is 17.4 Å². The van der Waals surface area contributed by atoms with Crippen molar-refractivity contribution in [2.75, 3.05) is 7.11 Å². The molecular weight excluding hydrogens is 410 g/mol. The van der Waals surface area contributed by atoms with E-state index in [-0.39, 0.29) is 6.10 Å². The summed E-state index contributed by atoms with van der Waals surface area (Å²) in [6, 6.07) is 12.4. The van der Waals surface area contributed by atoms with Gasteiger partial charge < -0.3 is 9.16 Å². The van der Waals surface area contributed by atoms with Crippen LogP contribution in [0.5, 0.6) is 5.75 Å². The van der Waals surface area contributed by atoms with Crippen molar-refractivity contribution < 1.29 is 17.9 Å². The minimum Gasteiger partial charge on any atom is -0.496 e. The number of benzene rings is 2. The second kappa shape index (κ2) is 11.1. The van der Waals surface area contributed by atoms with Crippen LogP contribution >= 0.6 is 11.6 Å². The molecular formula is C23H31ClF2O2Si. The molecule has 0 N–H and O–H groups in total. The summed E-state index contributed by atoms with van der Waals surface area (Å²) in [7, 11) is -0.272. The second-order valence-electron chi connectivity index (χ2n) is 7.38. The molecule has 0 saturated heterocycles. The molecule has 1 unspecified atom stereocenters. The highest BCUT2D eigenvalue weighted by atomic mass is 35.5. The number of methoxy groups -OCH3 is 1. The molecule has 6 heteroatoms. The van der Waals surface area contributed by atoms with Gasteiger partial charge in [-0.3, -0.25) is 0 Å². The van der Waals surface area contributed by atoms with Gasteiger partial charge >= 0.3 is 0 Å². The van der Waals surface area contributed by atoms with Crippen molar-refractivity contribution in [3.05, 3.63) is 64.2 Å². The number of hydrogen-bond acceptors (Lipinski definition) is 2. The van der Waals surface area contributed by atoms with Gasteiger partial charge in [-0.1, -0.05) is 38.4 Å². The zero-order chi connectivity index (χ0) is 21.4. The van der Waals surface area contributed by atoms with Crippen LogP contribution in [0.25, 0.3) is 0 Å². The maximum atomic E-state index is 13.5. The molecule has 0 heterocycles. The summed E-state index contributed by atoms with van der Waals surface area (Å²) in [6.07, 6.45) is 1.79.